The highest BCUT2D eigenvalue weighted by Gasteiger charge is 2.19. The first-order valence-corrected chi connectivity index (χ1v) is 7.11. The molecule has 0 saturated carbocycles. The minimum Gasteiger partial charge on any atom is -0.497 e. The summed E-state index contributed by atoms with van der Waals surface area (Å²) in [7, 11) is 1.64. The molecule has 0 spiro atoms. The van der Waals surface area contributed by atoms with Gasteiger partial charge in [0.1, 0.15) is 5.75 Å². The molecule has 1 N–H and O–H groups in total. The molecule has 21 heavy (non-hydrogen) atoms. The van der Waals surface area contributed by atoms with E-state index in [-0.39, 0.29) is 5.56 Å². The standard InChI is InChI=1S/C16H19N3O2/c1-11-7-15-14(8-17-11)16(20)19(10-18-15)9-12-3-5-13(21-2)6-4-12/h3-6,10-11,17H,7-9H2,1-2H3. The molecule has 5 nitrogen and oxygen atoms in total. The van der Waals surface area contributed by atoms with Gasteiger partial charge < -0.3 is 10.1 Å². The van der Waals surface area contributed by atoms with Crippen LogP contribution in [0.2, 0.25) is 0 Å². The summed E-state index contributed by atoms with van der Waals surface area (Å²) in [5, 5.41) is 3.32. The number of rotatable bonds is 3. The molecule has 2 heterocycles. The van der Waals surface area contributed by atoms with Gasteiger partial charge in [-0.25, -0.2) is 4.98 Å². The number of benzene rings is 1. The molecule has 0 saturated heterocycles. The van der Waals surface area contributed by atoms with Gasteiger partial charge in [-0.15, -0.1) is 0 Å². The Bertz CT molecular complexity index is 692. The molecule has 1 unspecified atom stereocenters. The summed E-state index contributed by atoms with van der Waals surface area (Å²) >= 11 is 0. The lowest BCUT2D eigenvalue weighted by atomic mass is 10.0. The van der Waals surface area contributed by atoms with Crippen molar-refractivity contribution in [3.63, 3.8) is 0 Å². The van der Waals surface area contributed by atoms with Crippen molar-refractivity contribution in [2.45, 2.75) is 32.5 Å². The number of nitrogens with zero attached hydrogens (tertiary/aromatic N) is 2. The Morgan fingerprint density at radius 1 is 1.38 bits per heavy atom. The van der Waals surface area contributed by atoms with Crippen LogP contribution in [0.3, 0.4) is 0 Å². The van der Waals surface area contributed by atoms with Gasteiger partial charge in [-0.05, 0) is 24.6 Å². The molecule has 1 aromatic carbocycles. The summed E-state index contributed by atoms with van der Waals surface area (Å²) in [4.78, 5) is 17.0. The highest BCUT2D eigenvalue weighted by Crippen LogP contribution is 2.13. The SMILES string of the molecule is COc1ccc(Cn2cnc3c(c2=O)CNC(C)C3)cc1. The van der Waals surface area contributed by atoms with Crippen molar-refractivity contribution in [3.8, 4) is 5.75 Å². The van der Waals surface area contributed by atoms with Gasteiger partial charge in [-0.1, -0.05) is 12.1 Å². The first-order valence-electron chi connectivity index (χ1n) is 7.11. The predicted molar refractivity (Wildman–Crippen MR) is 80.6 cm³/mol. The molecule has 1 aliphatic rings. The summed E-state index contributed by atoms with van der Waals surface area (Å²) < 4.78 is 6.80. The lowest BCUT2D eigenvalue weighted by Crippen LogP contribution is -2.39. The largest absolute Gasteiger partial charge is 0.497 e. The first-order chi connectivity index (χ1) is 10.2. The van der Waals surface area contributed by atoms with E-state index < -0.39 is 0 Å². The molecular formula is C16H19N3O2. The molecule has 110 valence electrons. The molecule has 1 atom stereocenters. The molecule has 3 rings (SSSR count). The lowest BCUT2D eigenvalue weighted by Gasteiger charge is -2.22. The van der Waals surface area contributed by atoms with E-state index in [9.17, 15) is 4.79 Å². The minimum absolute atomic E-state index is 0.0511. The van der Waals surface area contributed by atoms with Crippen molar-refractivity contribution in [1.29, 1.82) is 0 Å². The molecule has 2 aromatic rings. The fraction of sp³-hybridized carbons (Fsp3) is 0.375. The van der Waals surface area contributed by atoms with Gasteiger partial charge in [0.15, 0.2) is 0 Å². The molecular weight excluding hydrogens is 266 g/mol. The van der Waals surface area contributed by atoms with E-state index in [1.54, 1.807) is 18.0 Å². The van der Waals surface area contributed by atoms with Crippen LogP contribution in [0.4, 0.5) is 0 Å². The van der Waals surface area contributed by atoms with Crippen LogP contribution in [-0.4, -0.2) is 22.7 Å². The maximum atomic E-state index is 12.5. The van der Waals surface area contributed by atoms with Crippen molar-refractivity contribution in [2.75, 3.05) is 7.11 Å². The van der Waals surface area contributed by atoms with Crippen LogP contribution < -0.4 is 15.6 Å². The van der Waals surface area contributed by atoms with Crippen LogP contribution >= 0.6 is 0 Å². The second kappa shape index (κ2) is 5.69. The van der Waals surface area contributed by atoms with Crippen LogP contribution in [0.5, 0.6) is 5.75 Å². The Labute approximate surface area is 123 Å². The van der Waals surface area contributed by atoms with Crippen LogP contribution in [-0.2, 0) is 19.5 Å². The molecule has 0 bridgehead atoms. The number of aromatic nitrogens is 2. The number of hydrogen-bond donors (Lipinski definition) is 1. The van der Waals surface area contributed by atoms with E-state index in [0.717, 1.165) is 29.0 Å². The van der Waals surface area contributed by atoms with E-state index in [2.05, 4.69) is 17.2 Å². The zero-order valence-electron chi connectivity index (χ0n) is 12.3. The number of hydrogen-bond acceptors (Lipinski definition) is 4. The van der Waals surface area contributed by atoms with E-state index in [1.807, 2.05) is 24.3 Å². The molecule has 0 aliphatic carbocycles. The van der Waals surface area contributed by atoms with Crippen molar-refractivity contribution < 1.29 is 4.74 Å². The summed E-state index contributed by atoms with van der Waals surface area (Å²) in [6.07, 6.45) is 2.47. The Morgan fingerprint density at radius 3 is 2.86 bits per heavy atom. The third-order valence-corrected chi connectivity index (χ3v) is 3.86. The Kier molecular flexibility index (Phi) is 3.75. The van der Waals surface area contributed by atoms with E-state index in [0.29, 0.717) is 19.1 Å². The number of fused-ring (bicyclic) bond motifs is 1. The second-order valence-corrected chi connectivity index (χ2v) is 5.44. The summed E-state index contributed by atoms with van der Waals surface area (Å²) in [6, 6.07) is 8.10. The predicted octanol–water partition coefficient (Wildman–Crippen LogP) is 1.33. The average molecular weight is 285 g/mol. The summed E-state index contributed by atoms with van der Waals surface area (Å²) in [5.74, 6) is 0.813. The van der Waals surface area contributed by atoms with Gasteiger partial charge in [0, 0.05) is 19.0 Å². The highest BCUT2D eigenvalue weighted by molar-refractivity contribution is 5.28. The lowest BCUT2D eigenvalue weighted by molar-refractivity contribution is 0.414. The Hall–Kier alpha value is -2.14. The van der Waals surface area contributed by atoms with Crippen molar-refractivity contribution in [1.82, 2.24) is 14.9 Å². The normalized spacial score (nSPS) is 17.3. The van der Waals surface area contributed by atoms with Gasteiger partial charge in [0.05, 0.1) is 31.2 Å². The van der Waals surface area contributed by atoms with E-state index in [1.165, 1.54) is 0 Å². The fourth-order valence-electron chi connectivity index (χ4n) is 2.60. The van der Waals surface area contributed by atoms with Crippen LogP contribution in [0.1, 0.15) is 23.7 Å². The maximum Gasteiger partial charge on any atom is 0.258 e. The van der Waals surface area contributed by atoms with Gasteiger partial charge in [0.2, 0.25) is 0 Å². The van der Waals surface area contributed by atoms with Crippen LogP contribution in [0.15, 0.2) is 35.4 Å². The van der Waals surface area contributed by atoms with Crippen LogP contribution in [0, 0.1) is 0 Å². The number of nitrogens with one attached hydrogen (secondary N) is 1. The average Bonchev–Trinajstić information content (AvgIpc) is 2.51. The smallest absolute Gasteiger partial charge is 0.258 e. The molecule has 5 heteroatoms. The Balaban J connectivity index is 1.87. The third-order valence-electron chi connectivity index (χ3n) is 3.86. The van der Waals surface area contributed by atoms with Crippen molar-refractivity contribution in [2.24, 2.45) is 0 Å². The Morgan fingerprint density at radius 2 is 2.14 bits per heavy atom. The molecule has 0 radical (unpaired) electrons. The quantitative estimate of drug-likeness (QED) is 0.924. The number of methoxy groups -OCH3 is 1. The second-order valence-electron chi connectivity index (χ2n) is 5.44. The zero-order valence-corrected chi connectivity index (χ0v) is 12.3. The van der Waals surface area contributed by atoms with Crippen molar-refractivity contribution in [3.05, 3.63) is 57.8 Å². The maximum absolute atomic E-state index is 12.5. The highest BCUT2D eigenvalue weighted by atomic mass is 16.5. The molecule has 0 amide bonds. The fourth-order valence-corrected chi connectivity index (χ4v) is 2.60. The van der Waals surface area contributed by atoms with Gasteiger partial charge in [-0.3, -0.25) is 9.36 Å². The van der Waals surface area contributed by atoms with Crippen LogP contribution in [0.25, 0.3) is 0 Å². The minimum atomic E-state index is 0.0511. The topological polar surface area (TPSA) is 56.2 Å². The monoisotopic (exact) mass is 285 g/mol. The van der Waals surface area contributed by atoms with Gasteiger partial charge in [0.25, 0.3) is 5.56 Å². The van der Waals surface area contributed by atoms with E-state index in [4.69, 9.17) is 4.74 Å². The summed E-state index contributed by atoms with van der Waals surface area (Å²) in [6.45, 7) is 3.23. The zero-order chi connectivity index (χ0) is 14.8. The van der Waals surface area contributed by atoms with Gasteiger partial charge >= 0.3 is 0 Å². The third kappa shape index (κ3) is 2.83. The summed E-state index contributed by atoms with van der Waals surface area (Å²) in [5.41, 5.74) is 2.83. The first kappa shape index (κ1) is 13.8. The molecule has 1 aliphatic heterocycles. The molecule has 0 fully saturated rings. The van der Waals surface area contributed by atoms with E-state index >= 15 is 0 Å². The van der Waals surface area contributed by atoms with Gasteiger partial charge in [-0.2, -0.15) is 0 Å². The molecule has 1 aromatic heterocycles. The number of ether oxygens (including phenoxy) is 1. The van der Waals surface area contributed by atoms with Crippen molar-refractivity contribution >= 4 is 0 Å².